The van der Waals surface area contributed by atoms with E-state index in [0.717, 1.165) is 36.0 Å². The fourth-order valence-corrected chi connectivity index (χ4v) is 2.72. The molecule has 2 aromatic rings. The molecule has 0 aliphatic carbocycles. The third-order valence-electron chi connectivity index (χ3n) is 3.70. The maximum absolute atomic E-state index is 4.68. The molecular weight excluding hydrogens is 250 g/mol. The van der Waals surface area contributed by atoms with Crippen molar-refractivity contribution in [2.24, 2.45) is 0 Å². The van der Waals surface area contributed by atoms with Crippen molar-refractivity contribution in [1.29, 1.82) is 0 Å². The first-order valence-corrected chi connectivity index (χ1v) is 6.98. The first kappa shape index (κ1) is 12.8. The Hall–Kier alpha value is -2.17. The standard InChI is InChI=1S/C15H19N5/c1-11-9-15(18-10-17-11)20-8-4-6-13(20)12-5-3-7-14(16-2)19-12/h3,5,7,9-10,13H,4,6,8H2,1-2H3,(H,16,19)/t13-/m1/s1. The molecule has 1 aliphatic rings. The van der Waals surface area contributed by atoms with Crippen LogP contribution in [0.15, 0.2) is 30.6 Å². The second-order valence-electron chi connectivity index (χ2n) is 5.07. The van der Waals surface area contributed by atoms with Gasteiger partial charge in [0.25, 0.3) is 0 Å². The van der Waals surface area contributed by atoms with Crippen molar-refractivity contribution < 1.29 is 0 Å². The summed E-state index contributed by atoms with van der Waals surface area (Å²) < 4.78 is 0. The van der Waals surface area contributed by atoms with E-state index in [2.05, 4.69) is 37.3 Å². The van der Waals surface area contributed by atoms with E-state index in [-0.39, 0.29) is 0 Å². The minimum absolute atomic E-state index is 0.303. The molecular formula is C15H19N5. The minimum atomic E-state index is 0.303. The van der Waals surface area contributed by atoms with E-state index in [1.807, 2.05) is 26.1 Å². The molecule has 20 heavy (non-hydrogen) atoms. The number of aromatic nitrogens is 3. The maximum Gasteiger partial charge on any atom is 0.132 e. The predicted molar refractivity (Wildman–Crippen MR) is 79.9 cm³/mol. The summed E-state index contributed by atoms with van der Waals surface area (Å²) in [6.45, 7) is 3.02. The zero-order valence-corrected chi connectivity index (χ0v) is 11.9. The summed E-state index contributed by atoms with van der Waals surface area (Å²) in [6.07, 6.45) is 3.92. The lowest BCUT2D eigenvalue weighted by molar-refractivity contribution is 0.687. The normalized spacial score (nSPS) is 18.3. The van der Waals surface area contributed by atoms with E-state index in [1.54, 1.807) is 6.33 Å². The van der Waals surface area contributed by atoms with E-state index in [4.69, 9.17) is 0 Å². The van der Waals surface area contributed by atoms with E-state index < -0.39 is 0 Å². The van der Waals surface area contributed by atoms with Crippen molar-refractivity contribution in [1.82, 2.24) is 15.0 Å². The molecule has 0 bridgehead atoms. The van der Waals surface area contributed by atoms with Crippen LogP contribution in [-0.4, -0.2) is 28.5 Å². The first-order valence-electron chi connectivity index (χ1n) is 6.98. The van der Waals surface area contributed by atoms with Crippen LogP contribution in [0.3, 0.4) is 0 Å². The Labute approximate surface area is 119 Å². The lowest BCUT2D eigenvalue weighted by Crippen LogP contribution is -2.24. The summed E-state index contributed by atoms with van der Waals surface area (Å²) in [5.41, 5.74) is 2.10. The van der Waals surface area contributed by atoms with Crippen molar-refractivity contribution in [2.75, 3.05) is 23.8 Å². The molecule has 1 saturated heterocycles. The van der Waals surface area contributed by atoms with Crippen LogP contribution >= 0.6 is 0 Å². The molecule has 104 valence electrons. The Balaban J connectivity index is 1.92. The van der Waals surface area contributed by atoms with E-state index in [9.17, 15) is 0 Å². The molecule has 3 rings (SSSR count). The van der Waals surface area contributed by atoms with Crippen LogP contribution in [0.1, 0.15) is 30.3 Å². The molecule has 0 spiro atoms. The number of aryl methyl sites for hydroxylation is 1. The second-order valence-corrected chi connectivity index (χ2v) is 5.07. The van der Waals surface area contributed by atoms with Gasteiger partial charge in [-0.2, -0.15) is 0 Å². The van der Waals surface area contributed by atoms with Crippen molar-refractivity contribution in [3.63, 3.8) is 0 Å². The summed E-state index contributed by atoms with van der Waals surface area (Å²) in [5, 5.41) is 3.10. The van der Waals surface area contributed by atoms with Gasteiger partial charge in [0.05, 0.1) is 11.7 Å². The van der Waals surface area contributed by atoms with Gasteiger partial charge in [-0.3, -0.25) is 0 Å². The van der Waals surface area contributed by atoms with Crippen LogP contribution < -0.4 is 10.2 Å². The van der Waals surface area contributed by atoms with Gasteiger partial charge in [-0.05, 0) is 31.9 Å². The van der Waals surface area contributed by atoms with Crippen LogP contribution in [0, 0.1) is 6.92 Å². The van der Waals surface area contributed by atoms with Gasteiger partial charge in [-0.15, -0.1) is 0 Å². The fraction of sp³-hybridized carbons (Fsp3) is 0.400. The number of pyridine rings is 1. The zero-order valence-electron chi connectivity index (χ0n) is 11.9. The smallest absolute Gasteiger partial charge is 0.132 e. The highest BCUT2D eigenvalue weighted by atomic mass is 15.2. The molecule has 0 amide bonds. The molecule has 0 radical (unpaired) electrons. The summed E-state index contributed by atoms with van der Waals surface area (Å²) in [6, 6.07) is 8.48. The van der Waals surface area contributed by atoms with Gasteiger partial charge in [0, 0.05) is 25.4 Å². The molecule has 0 aromatic carbocycles. The molecule has 5 nitrogen and oxygen atoms in total. The second kappa shape index (κ2) is 5.45. The van der Waals surface area contributed by atoms with Crippen LogP contribution in [0.5, 0.6) is 0 Å². The molecule has 1 atom stereocenters. The SMILES string of the molecule is CNc1cccc([C@H]2CCCN2c2cc(C)ncn2)n1. The fourth-order valence-electron chi connectivity index (χ4n) is 2.72. The molecule has 3 heterocycles. The molecule has 1 N–H and O–H groups in total. The molecule has 5 heteroatoms. The number of hydrogen-bond acceptors (Lipinski definition) is 5. The van der Waals surface area contributed by atoms with Gasteiger partial charge in [0.15, 0.2) is 0 Å². The van der Waals surface area contributed by atoms with Crippen LogP contribution in [0.4, 0.5) is 11.6 Å². The van der Waals surface area contributed by atoms with Gasteiger partial charge in [-0.1, -0.05) is 6.07 Å². The first-order chi connectivity index (χ1) is 9.78. The van der Waals surface area contributed by atoms with Crippen molar-refractivity contribution in [3.05, 3.63) is 42.0 Å². The van der Waals surface area contributed by atoms with E-state index in [1.165, 1.54) is 6.42 Å². The van der Waals surface area contributed by atoms with Crippen molar-refractivity contribution in [2.45, 2.75) is 25.8 Å². The van der Waals surface area contributed by atoms with Crippen molar-refractivity contribution >= 4 is 11.6 Å². The predicted octanol–water partition coefficient (Wildman–Crippen LogP) is 2.56. The summed E-state index contributed by atoms with van der Waals surface area (Å²) in [4.78, 5) is 15.6. The average Bonchev–Trinajstić information content (AvgIpc) is 2.97. The summed E-state index contributed by atoms with van der Waals surface area (Å²) in [5.74, 6) is 1.91. The Morgan fingerprint density at radius 3 is 3.00 bits per heavy atom. The van der Waals surface area contributed by atoms with Crippen LogP contribution in [-0.2, 0) is 0 Å². The lowest BCUT2D eigenvalue weighted by Gasteiger charge is -2.25. The zero-order chi connectivity index (χ0) is 13.9. The highest BCUT2D eigenvalue weighted by molar-refractivity contribution is 5.44. The van der Waals surface area contributed by atoms with E-state index >= 15 is 0 Å². The minimum Gasteiger partial charge on any atom is -0.373 e. The Bertz CT molecular complexity index is 598. The average molecular weight is 269 g/mol. The number of anilines is 2. The molecule has 0 saturated carbocycles. The van der Waals surface area contributed by atoms with E-state index in [0.29, 0.717) is 6.04 Å². The van der Waals surface area contributed by atoms with Gasteiger partial charge < -0.3 is 10.2 Å². The quantitative estimate of drug-likeness (QED) is 0.928. The number of nitrogens with one attached hydrogen (secondary N) is 1. The number of hydrogen-bond donors (Lipinski definition) is 1. The van der Waals surface area contributed by atoms with Gasteiger partial charge in [0.1, 0.15) is 18.0 Å². The Morgan fingerprint density at radius 2 is 2.20 bits per heavy atom. The Morgan fingerprint density at radius 1 is 1.30 bits per heavy atom. The molecule has 2 aromatic heterocycles. The highest BCUT2D eigenvalue weighted by Gasteiger charge is 2.28. The monoisotopic (exact) mass is 269 g/mol. The highest BCUT2D eigenvalue weighted by Crippen LogP contribution is 2.34. The summed E-state index contributed by atoms with van der Waals surface area (Å²) in [7, 11) is 1.90. The van der Waals surface area contributed by atoms with Gasteiger partial charge in [0.2, 0.25) is 0 Å². The number of rotatable bonds is 3. The molecule has 1 fully saturated rings. The maximum atomic E-state index is 4.68. The third kappa shape index (κ3) is 2.43. The molecule has 0 unspecified atom stereocenters. The van der Waals surface area contributed by atoms with Crippen LogP contribution in [0.25, 0.3) is 0 Å². The topological polar surface area (TPSA) is 53.9 Å². The van der Waals surface area contributed by atoms with Crippen molar-refractivity contribution in [3.8, 4) is 0 Å². The third-order valence-corrected chi connectivity index (χ3v) is 3.70. The lowest BCUT2D eigenvalue weighted by atomic mass is 10.1. The number of nitrogens with zero attached hydrogens (tertiary/aromatic N) is 4. The van der Waals surface area contributed by atoms with Gasteiger partial charge >= 0.3 is 0 Å². The van der Waals surface area contributed by atoms with Gasteiger partial charge in [-0.25, -0.2) is 15.0 Å². The largest absolute Gasteiger partial charge is 0.373 e. The molecule has 1 aliphatic heterocycles. The van der Waals surface area contributed by atoms with Crippen LogP contribution in [0.2, 0.25) is 0 Å². The Kier molecular flexibility index (Phi) is 3.50. The summed E-state index contributed by atoms with van der Waals surface area (Å²) >= 11 is 0.